The summed E-state index contributed by atoms with van der Waals surface area (Å²) >= 11 is 2.24. The fourth-order valence-corrected chi connectivity index (χ4v) is 1.89. The number of halogens is 1. The van der Waals surface area contributed by atoms with Gasteiger partial charge in [-0.25, -0.2) is 0 Å². The summed E-state index contributed by atoms with van der Waals surface area (Å²) in [5, 5.41) is 8.69. The Morgan fingerprint density at radius 1 is 1.70 bits per heavy atom. The summed E-state index contributed by atoms with van der Waals surface area (Å²) in [4.78, 5) is 10.6. The van der Waals surface area contributed by atoms with Gasteiger partial charge in [0, 0.05) is 3.92 Å². The van der Waals surface area contributed by atoms with E-state index >= 15 is 0 Å². The van der Waals surface area contributed by atoms with Crippen LogP contribution in [0.5, 0.6) is 0 Å². The third-order valence-corrected chi connectivity index (χ3v) is 1.81. The quantitative estimate of drug-likeness (QED) is 0.621. The molecule has 0 rings (SSSR count). The first-order valence-corrected chi connectivity index (χ1v) is 4.48. The molecular weight excluding hydrogens is 243 g/mol. The molecule has 0 aliphatic carbocycles. The summed E-state index contributed by atoms with van der Waals surface area (Å²) in [7, 11) is 0. The van der Waals surface area contributed by atoms with Gasteiger partial charge in [0.15, 0.2) is 0 Å². The van der Waals surface area contributed by atoms with Crippen molar-refractivity contribution in [2.45, 2.75) is 31.1 Å². The van der Waals surface area contributed by atoms with E-state index in [2.05, 4.69) is 22.6 Å². The van der Waals surface area contributed by atoms with Crippen LogP contribution in [0.4, 0.5) is 0 Å². The van der Waals surface area contributed by atoms with Crippen LogP contribution in [-0.4, -0.2) is 15.0 Å². The van der Waals surface area contributed by atoms with Gasteiger partial charge in [-0.3, -0.25) is 4.79 Å². The van der Waals surface area contributed by atoms with Gasteiger partial charge in [0.25, 0.3) is 0 Å². The van der Waals surface area contributed by atoms with Gasteiger partial charge >= 0.3 is 5.97 Å². The van der Waals surface area contributed by atoms with E-state index in [4.69, 9.17) is 5.11 Å². The molecule has 0 spiro atoms. The second-order valence-corrected chi connectivity index (χ2v) is 5.30. The number of carboxylic acid groups (broad SMARTS) is 1. The second kappa shape index (κ2) is 3.55. The van der Waals surface area contributed by atoms with Crippen molar-refractivity contribution in [3.8, 4) is 0 Å². The van der Waals surface area contributed by atoms with Crippen molar-refractivity contribution in [2.75, 3.05) is 0 Å². The van der Waals surface area contributed by atoms with E-state index in [1.807, 2.05) is 6.92 Å². The lowest BCUT2D eigenvalue weighted by Crippen LogP contribution is -2.25. The van der Waals surface area contributed by atoms with Crippen molar-refractivity contribution in [3.05, 3.63) is 0 Å². The first-order chi connectivity index (χ1) is 4.36. The van der Waals surface area contributed by atoms with Crippen LogP contribution in [0.15, 0.2) is 0 Å². The van der Waals surface area contributed by atoms with Gasteiger partial charge in [-0.05, 0) is 20.3 Å². The highest BCUT2D eigenvalue weighted by Gasteiger charge is 2.27. The SMILES string of the molecule is CC(I)CC(C)(C)C(=O)O. The van der Waals surface area contributed by atoms with Gasteiger partial charge in [0.05, 0.1) is 5.41 Å². The van der Waals surface area contributed by atoms with E-state index < -0.39 is 11.4 Å². The molecule has 1 atom stereocenters. The van der Waals surface area contributed by atoms with E-state index in [-0.39, 0.29) is 0 Å². The lowest BCUT2D eigenvalue weighted by atomic mass is 9.88. The number of hydrogen-bond acceptors (Lipinski definition) is 1. The van der Waals surface area contributed by atoms with E-state index in [1.54, 1.807) is 13.8 Å². The molecule has 0 aromatic rings. The second-order valence-electron chi connectivity index (χ2n) is 3.17. The molecular formula is C7H13IO2. The Balaban J connectivity index is 4.00. The zero-order valence-electron chi connectivity index (χ0n) is 6.52. The Morgan fingerprint density at radius 2 is 2.10 bits per heavy atom. The van der Waals surface area contributed by atoms with Crippen LogP contribution in [0.3, 0.4) is 0 Å². The Morgan fingerprint density at radius 3 is 2.20 bits per heavy atom. The van der Waals surface area contributed by atoms with Crippen molar-refractivity contribution in [3.63, 3.8) is 0 Å². The standard InChI is InChI=1S/C7H13IO2/c1-5(8)4-7(2,3)6(9)10/h5H,4H2,1-3H3,(H,9,10). The Labute approximate surface area is 75.1 Å². The molecule has 0 aliphatic heterocycles. The fourth-order valence-electron chi connectivity index (χ4n) is 0.790. The molecule has 2 nitrogen and oxygen atoms in total. The zero-order valence-corrected chi connectivity index (χ0v) is 8.68. The predicted molar refractivity (Wildman–Crippen MR) is 49.5 cm³/mol. The van der Waals surface area contributed by atoms with Crippen molar-refractivity contribution < 1.29 is 9.90 Å². The van der Waals surface area contributed by atoms with Gasteiger partial charge in [-0.2, -0.15) is 0 Å². The van der Waals surface area contributed by atoms with Crippen molar-refractivity contribution in [2.24, 2.45) is 5.41 Å². The van der Waals surface area contributed by atoms with Gasteiger partial charge in [0.2, 0.25) is 0 Å². The molecule has 0 amide bonds. The number of hydrogen-bond donors (Lipinski definition) is 1. The summed E-state index contributed by atoms with van der Waals surface area (Å²) in [6.45, 7) is 5.53. The van der Waals surface area contributed by atoms with E-state index in [9.17, 15) is 4.79 Å². The average molecular weight is 256 g/mol. The smallest absolute Gasteiger partial charge is 0.309 e. The zero-order chi connectivity index (χ0) is 8.36. The Hall–Kier alpha value is 0.200. The van der Waals surface area contributed by atoms with E-state index in [0.717, 1.165) is 6.42 Å². The van der Waals surface area contributed by atoms with Crippen molar-refractivity contribution >= 4 is 28.6 Å². The molecule has 60 valence electrons. The third kappa shape index (κ3) is 3.39. The number of rotatable bonds is 3. The van der Waals surface area contributed by atoms with Gasteiger partial charge in [0.1, 0.15) is 0 Å². The third-order valence-electron chi connectivity index (χ3n) is 1.37. The molecule has 0 saturated heterocycles. The summed E-state index contributed by atoms with van der Waals surface area (Å²) in [6, 6.07) is 0. The first kappa shape index (κ1) is 10.2. The van der Waals surface area contributed by atoms with Crippen LogP contribution >= 0.6 is 22.6 Å². The monoisotopic (exact) mass is 256 g/mol. The van der Waals surface area contributed by atoms with Crippen molar-refractivity contribution in [1.29, 1.82) is 0 Å². The molecule has 10 heavy (non-hydrogen) atoms. The first-order valence-electron chi connectivity index (χ1n) is 3.24. The van der Waals surface area contributed by atoms with Crippen LogP contribution in [0.2, 0.25) is 0 Å². The van der Waals surface area contributed by atoms with Gasteiger partial charge < -0.3 is 5.11 Å². The van der Waals surface area contributed by atoms with E-state index in [1.165, 1.54) is 0 Å². The molecule has 0 bridgehead atoms. The Bertz CT molecular complexity index is 130. The molecule has 1 unspecified atom stereocenters. The summed E-state index contributed by atoms with van der Waals surface area (Å²) in [5.41, 5.74) is -0.569. The molecule has 0 radical (unpaired) electrons. The molecule has 0 heterocycles. The van der Waals surface area contributed by atoms with Crippen LogP contribution in [0.1, 0.15) is 27.2 Å². The highest BCUT2D eigenvalue weighted by molar-refractivity contribution is 14.1. The van der Waals surface area contributed by atoms with Crippen LogP contribution < -0.4 is 0 Å². The van der Waals surface area contributed by atoms with Gasteiger partial charge in [-0.15, -0.1) is 0 Å². The van der Waals surface area contributed by atoms with Crippen molar-refractivity contribution in [1.82, 2.24) is 0 Å². The maximum atomic E-state index is 10.6. The van der Waals surface area contributed by atoms with Crippen LogP contribution in [-0.2, 0) is 4.79 Å². The fraction of sp³-hybridized carbons (Fsp3) is 0.857. The number of carbonyl (C=O) groups is 1. The highest BCUT2D eigenvalue weighted by atomic mass is 127. The maximum Gasteiger partial charge on any atom is 0.309 e. The molecule has 0 aromatic heterocycles. The van der Waals surface area contributed by atoms with Gasteiger partial charge in [-0.1, -0.05) is 29.5 Å². The minimum absolute atomic E-state index is 0.420. The summed E-state index contributed by atoms with van der Waals surface area (Å²) in [6.07, 6.45) is 0.725. The minimum Gasteiger partial charge on any atom is -0.481 e. The molecule has 0 aliphatic rings. The highest BCUT2D eigenvalue weighted by Crippen LogP contribution is 2.25. The lowest BCUT2D eigenvalue weighted by molar-refractivity contribution is -0.147. The largest absolute Gasteiger partial charge is 0.481 e. The molecule has 0 aromatic carbocycles. The topological polar surface area (TPSA) is 37.3 Å². The Kier molecular flexibility index (Phi) is 3.62. The number of carboxylic acids is 1. The molecule has 0 saturated carbocycles. The summed E-state index contributed by atoms with van der Waals surface area (Å²) < 4.78 is 0.420. The van der Waals surface area contributed by atoms with E-state index in [0.29, 0.717) is 3.92 Å². The summed E-state index contributed by atoms with van der Waals surface area (Å²) in [5.74, 6) is -0.712. The lowest BCUT2D eigenvalue weighted by Gasteiger charge is -2.19. The predicted octanol–water partition coefficient (Wildman–Crippen LogP) is 2.31. The molecule has 0 fully saturated rings. The average Bonchev–Trinajstić information content (AvgIpc) is 1.60. The molecule has 1 N–H and O–H groups in total. The molecule has 3 heteroatoms. The minimum atomic E-state index is -0.712. The van der Waals surface area contributed by atoms with Crippen LogP contribution in [0.25, 0.3) is 0 Å². The number of alkyl halides is 1. The maximum absolute atomic E-state index is 10.6. The normalized spacial score (nSPS) is 14.8. The number of aliphatic carboxylic acids is 1. The van der Waals surface area contributed by atoms with Crippen LogP contribution in [0, 0.1) is 5.41 Å².